The van der Waals surface area contributed by atoms with E-state index in [9.17, 15) is 19.7 Å². The molecule has 0 spiro atoms. The van der Waals surface area contributed by atoms with Gasteiger partial charge < -0.3 is 5.32 Å². The number of non-ortho nitro benzene ring substituents is 1. The molecule has 0 saturated carbocycles. The van der Waals surface area contributed by atoms with Gasteiger partial charge in [-0.3, -0.25) is 24.7 Å². The van der Waals surface area contributed by atoms with Gasteiger partial charge in [0.1, 0.15) is 5.54 Å². The zero-order chi connectivity index (χ0) is 24.5. The zero-order valence-electron chi connectivity index (χ0n) is 19.9. The molecule has 2 aromatic carbocycles. The molecular formula is C25H31N5O4. The molecular weight excluding hydrogens is 434 g/mol. The van der Waals surface area contributed by atoms with Gasteiger partial charge in [0, 0.05) is 44.9 Å². The number of nitro groups is 1. The lowest BCUT2D eigenvalue weighted by Crippen LogP contribution is -2.51. The van der Waals surface area contributed by atoms with E-state index in [0.717, 1.165) is 32.7 Å². The molecule has 0 aromatic heterocycles. The van der Waals surface area contributed by atoms with Crippen LogP contribution in [0.2, 0.25) is 0 Å². The van der Waals surface area contributed by atoms with Gasteiger partial charge in [-0.25, -0.2) is 9.69 Å². The fourth-order valence-corrected chi connectivity index (χ4v) is 4.49. The van der Waals surface area contributed by atoms with Crippen molar-refractivity contribution in [1.29, 1.82) is 0 Å². The van der Waals surface area contributed by atoms with Crippen LogP contribution in [0.1, 0.15) is 43.4 Å². The van der Waals surface area contributed by atoms with Gasteiger partial charge in [-0.15, -0.1) is 0 Å². The van der Waals surface area contributed by atoms with E-state index >= 15 is 0 Å². The minimum Gasteiger partial charge on any atom is -0.319 e. The predicted molar refractivity (Wildman–Crippen MR) is 128 cm³/mol. The number of hydrogen-bond donors (Lipinski definition) is 1. The first kappa shape index (κ1) is 23.8. The largest absolute Gasteiger partial charge is 0.326 e. The Hall–Kier alpha value is -3.30. The number of nitrogens with zero attached hydrogens (tertiary/aromatic N) is 4. The molecule has 4 rings (SSSR count). The van der Waals surface area contributed by atoms with Crippen LogP contribution in [-0.4, -0.2) is 64.4 Å². The molecule has 3 amide bonds. The first-order valence-corrected chi connectivity index (χ1v) is 11.6. The number of carbonyl (C=O) groups is 2. The van der Waals surface area contributed by atoms with Crippen molar-refractivity contribution in [1.82, 2.24) is 20.0 Å². The highest BCUT2D eigenvalue weighted by molar-refractivity contribution is 6.07. The standard InChI is InChI=1S/C25H31N5O4/c1-18(2)20-6-4-19(5-7-20)16-27-12-14-28(15-13-27)17-29-23(31)25(3,26-24(29)32)21-8-10-22(11-9-21)30(33)34/h4-11,18H,12-17H2,1-3H3,(H,26,32). The van der Waals surface area contributed by atoms with E-state index in [1.165, 1.54) is 40.3 Å². The summed E-state index contributed by atoms with van der Waals surface area (Å²) in [6.07, 6.45) is 0. The van der Waals surface area contributed by atoms with Gasteiger partial charge in [0.2, 0.25) is 0 Å². The van der Waals surface area contributed by atoms with Gasteiger partial charge in [-0.1, -0.05) is 38.1 Å². The second kappa shape index (κ2) is 9.52. The third-order valence-corrected chi connectivity index (χ3v) is 6.79. The van der Waals surface area contributed by atoms with Crippen LogP contribution in [0.15, 0.2) is 48.5 Å². The average Bonchev–Trinajstić information content (AvgIpc) is 3.04. The molecule has 180 valence electrons. The molecule has 1 atom stereocenters. The Morgan fingerprint density at radius 1 is 0.971 bits per heavy atom. The lowest BCUT2D eigenvalue weighted by atomic mass is 9.92. The minimum absolute atomic E-state index is 0.0604. The third kappa shape index (κ3) is 4.80. The number of nitrogens with one attached hydrogen (secondary N) is 1. The second-order valence-corrected chi connectivity index (χ2v) is 9.52. The summed E-state index contributed by atoms with van der Waals surface area (Å²) in [6.45, 7) is 10.4. The predicted octanol–water partition coefficient (Wildman–Crippen LogP) is 3.26. The van der Waals surface area contributed by atoms with Crippen molar-refractivity contribution < 1.29 is 14.5 Å². The number of rotatable bonds is 7. The lowest BCUT2D eigenvalue weighted by molar-refractivity contribution is -0.384. The molecule has 9 nitrogen and oxygen atoms in total. The molecule has 2 saturated heterocycles. The summed E-state index contributed by atoms with van der Waals surface area (Å²) in [5.74, 6) is 0.171. The van der Waals surface area contributed by atoms with Crippen LogP contribution >= 0.6 is 0 Å². The van der Waals surface area contributed by atoms with Crippen molar-refractivity contribution in [3.63, 3.8) is 0 Å². The highest BCUT2D eigenvalue weighted by Gasteiger charge is 2.49. The Kier molecular flexibility index (Phi) is 6.67. The van der Waals surface area contributed by atoms with Crippen LogP contribution in [0.3, 0.4) is 0 Å². The molecule has 1 N–H and O–H groups in total. The average molecular weight is 466 g/mol. The van der Waals surface area contributed by atoms with Crippen molar-refractivity contribution in [2.75, 3.05) is 32.8 Å². The van der Waals surface area contributed by atoms with Crippen molar-refractivity contribution in [3.05, 3.63) is 75.3 Å². The number of benzene rings is 2. The van der Waals surface area contributed by atoms with Crippen LogP contribution in [0, 0.1) is 10.1 Å². The highest BCUT2D eigenvalue weighted by atomic mass is 16.6. The molecule has 0 bridgehead atoms. The van der Waals surface area contributed by atoms with Gasteiger partial charge in [-0.2, -0.15) is 0 Å². The van der Waals surface area contributed by atoms with E-state index in [1.807, 2.05) is 0 Å². The van der Waals surface area contributed by atoms with Crippen molar-refractivity contribution >= 4 is 17.6 Å². The number of piperazine rings is 1. The monoisotopic (exact) mass is 465 g/mol. The smallest absolute Gasteiger partial charge is 0.319 e. The summed E-state index contributed by atoms with van der Waals surface area (Å²) in [6, 6.07) is 14.0. The van der Waals surface area contributed by atoms with E-state index < -0.39 is 16.5 Å². The third-order valence-electron chi connectivity index (χ3n) is 6.79. The maximum absolute atomic E-state index is 13.2. The Bertz CT molecular complexity index is 1060. The maximum Gasteiger partial charge on any atom is 0.326 e. The lowest BCUT2D eigenvalue weighted by Gasteiger charge is -2.36. The van der Waals surface area contributed by atoms with E-state index in [0.29, 0.717) is 11.5 Å². The van der Waals surface area contributed by atoms with E-state index in [1.54, 1.807) is 6.92 Å². The Labute approximate surface area is 199 Å². The normalized spacial score (nSPS) is 21.8. The summed E-state index contributed by atoms with van der Waals surface area (Å²) < 4.78 is 0. The fourth-order valence-electron chi connectivity index (χ4n) is 4.49. The number of imide groups is 1. The highest BCUT2D eigenvalue weighted by Crippen LogP contribution is 2.30. The van der Waals surface area contributed by atoms with E-state index in [-0.39, 0.29) is 18.3 Å². The fraction of sp³-hybridized carbons (Fsp3) is 0.440. The topological polar surface area (TPSA) is 99.0 Å². The first-order valence-electron chi connectivity index (χ1n) is 11.6. The van der Waals surface area contributed by atoms with Gasteiger partial charge in [0.05, 0.1) is 11.6 Å². The Morgan fingerprint density at radius 2 is 1.56 bits per heavy atom. The summed E-state index contributed by atoms with van der Waals surface area (Å²) >= 11 is 0. The number of urea groups is 1. The maximum atomic E-state index is 13.2. The van der Waals surface area contributed by atoms with Crippen LogP contribution in [0.4, 0.5) is 10.5 Å². The molecule has 34 heavy (non-hydrogen) atoms. The molecule has 0 radical (unpaired) electrons. The quantitative estimate of drug-likeness (QED) is 0.383. The van der Waals surface area contributed by atoms with Crippen LogP contribution in [-0.2, 0) is 16.9 Å². The Balaban J connectivity index is 1.33. The number of hydrogen-bond acceptors (Lipinski definition) is 6. The van der Waals surface area contributed by atoms with Gasteiger partial charge >= 0.3 is 6.03 Å². The number of nitro benzene ring substituents is 1. The number of amides is 3. The SMILES string of the molecule is CC(C)c1ccc(CN2CCN(CN3C(=O)NC(C)(c4ccc([N+](=O)[O-])cc4)C3=O)CC2)cc1. The first-order chi connectivity index (χ1) is 16.2. The molecule has 9 heteroatoms. The second-order valence-electron chi connectivity index (χ2n) is 9.52. The zero-order valence-corrected chi connectivity index (χ0v) is 19.9. The van der Waals surface area contributed by atoms with E-state index in [2.05, 4.69) is 53.2 Å². The van der Waals surface area contributed by atoms with E-state index in [4.69, 9.17) is 0 Å². The summed E-state index contributed by atoms with van der Waals surface area (Å²) in [4.78, 5) is 42.0. The van der Waals surface area contributed by atoms with Crippen LogP contribution in [0.25, 0.3) is 0 Å². The van der Waals surface area contributed by atoms with Gasteiger partial charge in [0.15, 0.2) is 0 Å². The molecule has 2 aliphatic rings. The van der Waals surface area contributed by atoms with Crippen LogP contribution < -0.4 is 5.32 Å². The molecule has 2 fully saturated rings. The molecule has 0 aliphatic carbocycles. The van der Waals surface area contributed by atoms with Crippen molar-refractivity contribution in [2.45, 2.75) is 38.8 Å². The van der Waals surface area contributed by atoms with Gasteiger partial charge in [-0.05, 0) is 41.7 Å². The molecule has 2 aliphatic heterocycles. The summed E-state index contributed by atoms with van der Waals surface area (Å²) in [7, 11) is 0. The van der Waals surface area contributed by atoms with Crippen molar-refractivity contribution in [2.24, 2.45) is 0 Å². The number of carbonyl (C=O) groups excluding carboxylic acids is 2. The molecule has 1 unspecified atom stereocenters. The van der Waals surface area contributed by atoms with Crippen molar-refractivity contribution in [3.8, 4) is 0 Å². The Morgan fingerprint density at radius 3 is 2.12 bits per heavy atom. The molecule has 2 heterocycles. The summed E-state index contributed by atoms with van der Waals surface area (Å²) in [5.41, 5.74) is 1.84. The minimum atomic E-state index is -1.24. The van der Waals surface area contributed by atoms with Gasteiger partial charge in [0.25, 0.3) is 11.6 Å². The van der Waals surface area contributed by atoms with Crippen LogP contribution in [0.5, 0.6) is 0 Å². The summed E-state index contributed by atoms with van der Waals surface area (Å²) in [5, 5.41) is 13.7. The molecule has 2 aromatic rings.